The molecule has 0 amide bonds. The minimum absolute atomic E-state index is 0.524. The first-order valence-electron chi connectivity index (χ1n) is 7.41. The van der Waals surface area contributed by atoms with E-state index in [1.54, 1.807) is 0 Å². The van der Waals surface area contributed by atoms with E-state index in [-0.39, 0.29) is 0 Å². The topological polar surface area (TPSA) is 3.24 Å². The summed E-state index contributed by atoms with van der Waals surface area (Å²) in [5, 5.41) is 0. The van der Waals surface area contributed by atoms with E-state index in [1.807, 2.05) is 0 Å². The van der Waals surface area contributed by atoms with Gasteiger partial charge < -0.3 is 0 Å². The number of rotatable bonds is 4. The molecule has 0 aromatic heterocycles. The molecule has 102 valence electrons. The molecule has 0 bridgehead atoms. The molecule has 0 N–H and O–H groups in total. The van der Waals surface area contributed by atoms with Crippen LogP contribution in [-0.4, -0.2) is 23.5 Å². The van der Waals surface area contributed by atoms with Gasteiger partial charge in [-0.05, 0) is 57.8 Å². The first-order valence-corrected chi connectivity index (χ1v) is 7.41. The van der Waals surface area contributed by atoms with Crippen LogP contribution >= 0.6 is 0 Å². The van der Waals surface area contributed by atoms with Crippen molar-refractivity contribution in [2.75, 3.05) is 6.54 Å². The Balaban J connectivity index is 2.70. The summed E-state index contributed by atoms with van der Waals surface area (Å²) >= 11 is 0. The van der Waals surface area contributed by atoms with Gasteiger partial charge in [-0.3, -0.25) is 4.90 Å². The summed E-state index contributed by atoms with van der Waals surface area (Å²) in [5.74, 6) is 0. The highest BCUT2D eigenvalue weighted by Gasteiger charge is 2.38. The van der Waals surface area contributed by atoms with E-state index in [1.165, 1.54) is 32.2 Å². The molecule has 1 atom stereocenters. The molecule has 1 aliphatic rings. The zero-order valence-corrected chi connectivity index (χ0v) is 13.1. The first kappa shape index (κ1) is 15.0. The molecule has 0 aromatic carbocycles. The largest absolute Gasteiger partial charge is 0.298 e. The third-order valence-electron chi connectivity index (χ3n) is 4.43. The lowest BCUT2D eigenvalue weighted by Crippen LogP contribution is -2.46. The molecule has 1 aliphatic carbocycles. The predicted molar refractivity (Wildman–Crippen MR) is 77.3 cm³/mol. The van der Waals surface area contributed by atoms with Gasteiger partial charge in [0.1, 0.15) is 0 Å². The van der Waals surface area contributed by atoms with Crippen molar-refractivity contribution >= 4 is 0 Å². The van der Waals surface area contributed by atoms with Gasteiger partial charge in [0.05, 0.1) is 0 Å². The minimum atomic E-state index is 0.524. The molecule has 1 saturated carbocycles. The van der Waals surface area contributed by atoms with Gasteiger partial charge in [-0.15, -0.1) is 0 Å². The molecule has 0 heterocycles. The summed E-state index contributed by atoms with van der Waals surface area (Å²) in [6.07, 6.45) is 5.61. The third-order valence-corrected chi connectivity index (χ3v) is 4.43. The minimum Gasteiger partial charge on any atom is -0.298 e. The van der Waals surface area contributed by atoms with Crippen molar-refractivity contribution in [1.29, 1.82) is 0 Å². The number of nitrogens with zero attached hydrogens (tertiary/aromatic N) is 1. The molecule has 1 unspecified atom stereocenters. The highest BCUT2D eigenvalue weighted by atomic mass is 15.2. The Hall–Kier alpha value is -0.0400. The van der Waals surface area contributed by atoms with Crippen molar-refractivity contribution in [3.63, 3.8) is 0 Å². The second-order valence-corrected chi connectivity index (χ2v) is 7.87. The fourth-order valence-electron chi connectivity index (χ4n) is 3.86. The smallest absolute Gasteiger partial charge is 0.00415 e. The third kappa shape index (κ3) is 4.28. The van der Waals surface area contributed by atoms with Crippen LogP contribution in [0, 0.1) is 10.8 Å². The van der Waals surface area contributed by atoms with Gasteiger partial charge in [-0.2, -0.15) is 0 Å². The molecular formula is C16H33N. The van der Waals surface area contributed by atoms with E-state index < -0.39 is 0 Å². The van der Waals surface area contributed by atoms with Crippen LogP contribution in [0.2, 0.25) is 0 Å². The lowest BCUT2D eigenvalue weighted by atomic mass is 9.64. The van der Waals surface area contributed by atoms with Crippen molar-refractivity contribution in [2.45, 2.75) is 86.2 Å². The number of hydrogen-bond donors (Lipinski definition) is 0. The van der Waals surface area contributed by atoms with Crippen LogP contribution in [0.15, 0.2) is 0 Å². The Morgan fingerprint density at radius 3 is 1.88 bits per heavy atom. The van der Waals surface area contributed by atoms with Gasteiger partial charge in [0.2, 0.25) is 0 Å². The van der Waals surface area contributed by atoms with Gasteiger partial charge in [0, 0.05) is 18.6 Å². The standard InChI is InChI=1S/C16H33N/c1-13(2)17(14(3)4)12-16(7)10-8-9-15(5,6)11-16/h13-14H,8-12H2,1-7H3. The summed E-state index contributed by atoms with van der Waals surface area (Å²) in [6, 6.07) is 1.33. The quantitative estimate of drug-likeness (QED) is 0.686. The van der Waals surface area contributed by atoms with Crippen LogP contribution in [0.1, 0.15) is 74.1 Å². The van der Waals surface area contributed by atoms with Gasteiger partial charge in [-0.1, -0.05) is 27.2 Å². The van der Waals surface area contributed by atoms with Crippen LogP contribution in [0.4, 0.5) is 0 Å². The molecule has 0 spiro atoms. The van der Waals surface area contributed by atoms with Crippen molar-refractivity contribution in [3.8, 4) is 0 Å². The van der Waals surface area contributed by atoms with Gasteiger partial charge in [0.25, 0.3) is 0 Å². The Morgan fingerprint density at radius 1 is 0.941 bits per heavy atom. The summed E-state index contributed by atoms with van der Waals surface area (Å²) < 4.78 is 0. The fraction of sp³-hybridized carbons (Fsp3) is 1.00. The van der Waals surface area contributed by atoms with E-state index in [9.17, 15) is 0 Å². The average molecular weight is 239 g/mol. The molecule has 0 aliphatic heterocycles. The van der Waals surface area contributed by atoms with Crippen molar-refractivity contribution in [1.82, 2.24) is 4.90 Å². The Bertz CT molecular complexity index is 234. The average Bonchev–Trinajstić information content (AvgIpc) is 2.11. The first-order chi connectivity index (χ1) is 7.65. The van der Waals surface area contributed by atoms with Crippen molar-refractivity contribution < 1.29 is 0 Å². The van der Waals surface area contributed by atoms with Crippen LogP contribution in [0.5, 0.6) is 0 Å². The molecular weight excluding hydrogens is 206 g/mol. The maximum Gasteiger partial charge on any atom is 0.00415 e. The summed E-state index contributed by atoms with van der Waals surface area (Å²) in [5.41, 5.74) is 1.07. The second-order valence-electron chi connectivity index (χ2n) is 7.87. The highest BCUT2D eigenvalue weighted by Crippen LogP contribution is 2.46. The predicted octanol–water partition coefficient (Wildman–Crippen LogP) is 4.71. The van der Waals surface area contributed by atoms with Crippen LogP contribution in [-0.2, 0) is 0 Å². The molecule has 1 rings (SSSR count). The Labute approximate surface area is 109 Å². The molecule has 1 heteroatoms. The SMILES string of the molecule is CC(C)N(CC1(C)CCCC(C)(C)C1)C(C)C. The highest BCUT2D eigenvalue weighted by molar-refractivity contribution is 4.90. The van der Waals surface area contributed by atoms with Crippen molar-refractivity contribution in [3.05, 3.63) is 0 Å². The molecule has 0 saturated heterocycles. The summed E-state index contributed by atoms with van der Waals surface area (Å²) in [4.78, 5) is 2.67. The van der Waals surface area contributed by atoms with Crippen LogP contribution in [0.25, 0.3) is 0 Å². The zero-order chi connectivity index (χ0) is 13.3. The fourth-order valence-corrected chi connectivity index (χ4v) is 3.86. The molecule has 17 heavy (non-hydrogen) atoms. The maximum absolute atomic E-state index is 2.67. The van der Waals surface area contributed by atoms with Gasteiger partial charge in [0.15, 0.2) is 0 Å². The maximum atomic E-state index is 2.67. The van der Waals surface area contributed by atoms with Gasteiger partial charge >= 0.3 is 0 Å². The van der Waals surface area contributed by atoms with E-state index in [4.69, 9.17) is 0 Å². The summed E-state index contributed by atoms with van der Waals surface area (Å²) in [7, 11) is 0. The molecule has 1 fully saturated rings. The lowest BCUT2D eigenvalue weighted by molar-refractivity contribution is 0.0327. The van der Waals surface area contributed by atoms with E-state index in [0.29, 0.717) is 22.9 Å². The monoisotopic (exact) mass is 239 g/mol. The Morgan fingerprint density at radius 2 is 1.47 bits per heavy atom. The normalized spacial score (nSPS) is 29.3. The van der Waals surface area contributed by atoms with E-state index in [0.717, 1.165) is 0 Å². The molecule has 1 nitrogen and oxygen atoms in total. The van der Waals surface area contributed by atoms with Crippen LogP contribution in [0.3, 0.4) is 0 Å². The molecule has 0 aromatic rings. The number of hydrogen-bond acceptors (Lipinski definition) is 1. The lowest BCUT2D eigenvalue weighted by Gasteiger charge is -2.47. The Kier molecular flexibility index (Phi) is 4.68. The van der Waals surface area contributed by atoms with E-state index in [2.05, 4.69) is 53.4 Å². The van der Waals surface area contributed by atoms with Gasteiger partial charge in [-0.25, -0.2) is 0 Å². The van der Waals surface area contributed by atoms with Crippen molar-refractivity contribution in [2.24, 2.45) is 10.8 Å². The zero-order valence-electron chi connectivity index (χ0n) is 13.1. The molecule has 0 radical (unpaired) electrons. The van der Waals surface area contributed by atoms with E-state index >= 15 is 0 Å². The van der Waals surface area contributed by atoms with Crippen LogP contribution < -0.4 is 0 Å². The summed E-state index contributed by atoms with van der Waals surface area (Å²) in [6.45, 7) is 18.0. The second kappa shape index (κ2) is 5.30.